The Kier molecular flexibility index (Phi) is 4.57. The molecule has 0 bridgehead atoms. The van der Waals surface area contributed by atoms with Crippen LogP contribution in [-0.4, -0.2) is 36.1 Å². The van der Waals surface area contributed by atoms with Gasteiger partial charge in [0, 0.05) is 11.9 Å². The number of likely N-dealkylation sites (tertiary alicyclic amines) is 1. The Morgan fingerprint density at radius 3 is 3.00 bits per heavy atom. The van der Waals surface area contributed by atoms with Gasteiger partial charge in [0.1, 0.15) is 0 Å². The molecule has 84 valence electrons. The fraction of sp³-hybridized carbons (Fsp3) is 0.727. The largest absolute Gasteiger partial charge is 0.311 e. The van der Waals surface area contributed by atoms with E-state index >= 15 is 0 Å². The predicted molar refractivity (Wildman–Crippen MR) is 64.1 cm³/mol. The van der Waals surface area contributed by atoms with E-state index in [1.165, 1.54) is 44.6 Å². The van der Waals surface area contributed by atoms with E-state index in [4.69, 9.17) is 0 Å². The highest BCUT2D eigenvalue weighted by Gasteiger charge is 2.09. The van der Waals surface area contributed by atoms with E-state index in [2.05, 4.69) is 20.6 Å². The highest BCUT2D eigenvalue weighted by Crippen LogP contribution is 2.07. The van der Waals surface area contributed by atoms with E-state index in [1.807, 2.05) is 5.51 Å². The van der Waals surface area contributed by atoms with Crippen molar-refractivity contribution < 1.29 is 0 Å². The average molecular weight is 225 g/mol. The van der Waals surface area contributed by atoms with Gasteiger partial charge in [0.15, 0.2) is 0 Å². The van der Waals surface area contributed by atoms with Gasteiger partial charge in [-0.1, -0.05) is 0 Å². The maximum absolute atomic E-state index is 4.24. The summed E-state index contributed by atoms with van der Waals surface area (Å²) in [6, 6.07) is 0. The van der Waals surface area contributed by atoms with Gasteiger partial charge in [-0.3, -0.25) is 0 Å². The Morgan fingerprint density at radius 1 is 1.40 bits per heavy atom. The van der Waals surface area contributed by atoms with Crippen molar-refractivity contribution in [2.45, 2.75) is 25.8 Å². The number of aromatic nitrogens is 1. The van der Waals surface area contributed by atoms with Crippen LogP contribution in [0.25, 0.3) is 0 Å². The molecular weight excluding hydrogens is 206 g/mol. The Hall–Kier alpha value is -0.450. The molecule has 1 saturated heterocycles. The fourth-order valence-corrected chi connectivity index (χ4v) is 2.53. The zero-order chi connectivity index (χ0) is 10.3. The SMILES string of the molecule is c1nc(CNCCCN2CCCC2)cs1. The highest BCUT2D eigenvalue weighted by molar-refractivity contribution is 7.07. The molecule has 1 aromatic heterocycles. The van der Waals surface area contributed by atoms with E-state index in [-0.39, 0.29) is 0 Å². The van der Waals surface area contributed by atoms with Crippen LogP contribution in [0, 0.1) is 0 Å². The molecule has 1 N–H and O–H groups in total. The van der Waals surface area contributed by atoms with Crippen molar-refractivity contribution in [2.24, 2.45) is 0 Å². The van der Waals surface area contributed by atoms with Crippen molar-refractivity contribution >= 4 is 11.3 Å². The lowest BCUT2D eigenvalue weighted by Gasteiger charge is -2.13. The lowest BCUT2D eigenvalue weighted by atomic mass is 10.3. The first-order valence-corrected chi connectivity index (χ1v) is 6.69. The maximum Gasteiger partial charge on any atom is 0.0795 e. The van der Waals surface area contributed by atoms with Crippen LogP contribution < -0.4 is 5.32 Å². The van der Waals surface area contributed by atoms with Crippen molar-refractivity contribution in [3.63, 3.8) is 0 Å². The number of nitrogens with one attached hydrogen (secondary N) is 1. The van der Waals surface area contributed by atoms with Crippen LogP contribution in [0.2, 0.25) is 0 Å². The third-order valence-electron chi connectivity index (χ3n) is 2.82. The molecule has 1 aliphatic heterocycles. The maximum atomic E-state index is 4.24. The quantitative estimate of drug-likeness (QED) is 0.747. The Labute approximate surface area is 95.5 Å². The minimum Gasteiger partial charge on any atom is -0.311 e. The topological polar surface area (TPSA) is 28.2 Å². The Balaban J connectivity index is 1.48. The van der Waals surface area contributed by atoms with Gasteiger partial charge in [-0.2, -0.15) is 0 Å². The van der Waals surface area contributed by atoms with Crippen LogP contribution in [0.15, 0.2) is 10.9 Å². The molecule has 0 atom stereocenters. The normalized spacial score (nSPS) is 17.3. The molecule has 0 saturated carbocycles. The van der Waals surface area contributed by atoms with Gasteiger partial charge in [-0.05, 0) is 45.4 Å². The molecule has 4 heteroatoms. The van der Waals surface area contributed by atoms with Crippen LogP contribution in [0.1, 0.15) is 25.0 Å². The van der Waals surface area contributed by atoms with Gasteiger partial charge < -0.3 is 10.2 Å². The van der Waals surface area contributed by atoms with E-state index in [9.17, 15) is 0 Å². The van der Waals surface area contributed by atoms with Gasteiger partial charge in [0.05, 0.1) is 11.2 Å². The molecule has 0 radical (unpaired) electrons. The molecular formula is C11H19N3S. The minimum absolute atomic E-state index is 0.920. The van der Waals surface area contributed by atoms with E-state index in [0.29, 0.717) is 0 Å². The van der Waals surface area contributed by atoms with Gasteiger partial charge in [0.2, 0.25) is 0 Å². The molecule has 0 aromatic carbocycles. The first-order valence-electron chi connectivity index (χ1n) is 5.75. The molecule has 1 fully saturated rings. The molecule has 0 aliphatic carbocycles. The van der Waals surface area contributed by atoms with Crippen LogP contribution >= 0.6 is 11.3 Å². The summed E-state index contributed by atoms with van der Waals surface area (Å²) in [5.74, 6) is 0. The van der Waals surface area contributed by atoms with Gasteiger partial charge in [-0.15, -0.1) is 11.3 Å². The second-order valence-corrected chi connectivity index (χ2v) is 4.78. The number of thiazole rings is 1. The minimum atomic E-state index is 0.920. The summed E-state index contributed by atoms with van der Waals surface area (Å²) in [7, 11) is 0. The highest BCUT2D eigenvalue weighted by atomic mass is 32.1. The Morgan fingerprint density at radius 2 is 2.27 bits per heavy atom. The average Bonchev–Trinajstić information content (AvgIpc) is 2.88. The lowest BCUT2D eigenvalue weighted by Crippen LogP contribution is -2.24. The molecule has 3 nitrogen and oxygen atoms in total. The summed E-state index contributed by atoms with van der Waals surface area (Å²) in [6.45, 7) is 5.90. The molecule has 2 rings (SSSR count). The number of hydrogen-bond donors (Lipinski definition) is 1. The fourth-order valence-electron chi connectivity index (χ4n) is 1.98. The van der Waals surface area contributed by atoms with Crippen LogP contribution in [0.3, 0.4) is 0 Å². The summed E-state index contributed by atoms with van der Waals surface area (Å²) in [5, 5.41) is 5.53. The first-order chi connectivity index (χ1) is 7.45. The van der Waals surface area contributed by atoms with Crippen LogP contribution in [-0.2, 0) is 6.54 Å². The standard InChI is InChI=1S/C11H19N3S/c1-2-6-14(5-1)7-3-4-12-8-11-9-15-10-13-11/h9-10,12H,1-8H2. The monoisotopic (exact) mass is 225 g/mol. The molecule has 1 aliphatic rings. The van der Waals surface area contributed by atoms with Crippen molar-refractivity contribution in [1.82, 2.24) is 15.2 Å². The third kappa shape index (κ3) is 3.89. The van der Waals surface area contributed by atoms with Crippen molar-refractivity contribution in [1.29, 1.82) is 0 Å². The smallest absolute Gasteiger partial charge is 0.0795 e. The molecule has 0 spiro atoms. The summed E-state index contributed by atoms with van der Waals surface area (Å²) >= 11 is 1.66. The summed E-state index contributed by atoms with van der Waals surface area (Å²) < 4.78 is 0. The summed E-state index contributed by atoms with van der Waals surface area (Å²) in [4.78, 5) is 6.80. The zero-order valence-corrected chi connectivity index (χ0v) is 9.93. The molecule has 0 amide bonds. The van der Waals surface area contributed by atoms with E-state index < -0.39 is 0 Å². The summed E-state index contributed by atoms with van der Waals surface area (Å²) in [5.41, 5.74) is 3.06. The summed E-state index contributed by atoms with van der Waals surface area (Å²) in [6.07, 6.45) is 4.04. The zero-order valence-electron chi connectivity index (χ0n) is 9.11. The number of nitrogens with zero attached hydrogens (tertiary/aromatic N) is 2. The molecule has 2 heterocycles. The van der Waals surface area contributed by atoms with Crippen molar-refractivity contribution in [3.8, 4) is 0 Å². The molecule has 0 unspecified atom stereocenters. The molecule has 1 aromatic rings. The number of hydrogen-bond acceptors (Lipinski definition) is 4. The second kappa shape index (κ2) is 6.20. The van der Waals surface area contributed by atoms with Gasteiger partial charge in [0.25, 0.3) is 0 Å². The molecule has 15 heavy (non-hydrogen) atoms. The van der Waals surface area contributed by atoms with E-state index in [0.717, 1.165) is 13.1 Å². The first kappa shape index (κ1) is 11.0. The Bertz CT molecular complexity index is 255. The lowest BCUT2D eigenvalue weighted by molar-refractivity contribution is 0.331. The van der Waals surface area contributed by atoms with E-state index in [1.54, 1.807) is 11.3 Å². The number of rotatable bonds is 6. The van der Waals surface area contributed by atoms with Gasteiger partial charge in [-0.25, -0.2) is 4.98 Å². The second-order valence-electron chi connectivity index (χ2n) is 4.06. The van der Waals surface area contributed by atoms with Crippen LogP contribution in [0.4, 0.5) is 0 Å². The van der Waals surface area contributed by atoms with Crippen LogP contribution in [0.5, 0.6) is 0 Å². The van der Waals surface area contributed by atoms with Crippen molar-refractivity contribution in [2.75, 3.05) is 26.2 Å². The third-order valence-corrected chi connectivity index (χ3v) is 3.45. The van der Waals surface area contributed by atoms with Crippen molar-refractivity contribution in [3.05, 3.63) is 16.6 Å². The predicted octanol–water partition coefficient (Wildman–Crippen LogP) is 1.72. The van der Waals surface area contributed by atoms with Gasteiger partial charge >= 0.3 is 0 Å².